The van der Waals surface area contributed by atoms with Gasteiger partial charge in [0.2, 0.25) is 0 Å². The van der Waals surface area contributed by atoms with E-state index in [1.165, 1.54) is 29.7 Å². The van der Waals surface area contributed by atoms with Crippen molar-refractivity contribution in [3.8, 4) is 0 Å². The van der Waals surface area contributed by atoms with Crippen LogP contribution in [0, 0.1) is 13.8 Å². The molecule has 0 aromatic heterocycles. The third-order valence-corrected chi connectivity index (χ3v) is 3.91. The molecule has 1 aliphatic rings. The molecule has 1 aromatic rings. The Kier molecular flexibility index (Phi) is 3.72. The number of piperidine rings is 1. The summed E-state index contributed by atoms with van der Waals surface area (Å²) < 4.78 is 0. The summed E-state index contributed by atoms with van der Waals surface area (Å²) in [6.45, 7) is 7.73. The van der Waals surface area contributed by atoms with Crippen molar-refractivity contribution in [1.82, 2.24) is 5.32 Å². The fourth-order valence-electron chi connectivity index (χ4n) is 2.71. The summed E-state index contributed by atoms with van der Waals surface area (Å²) in [7, 11) is 2.22. The van der Waals surface area contributed by atoms with Gasteiger partial charge in [-0.1, -0.05) is 17.7 Å². The molecule has 1 aromatic carbocycles. The quantitative estimate of drug-likeness (QED) is 0.843. The Hall–Kier alpha value is -1.02. The number of hydrogen-bond acceptors (Lipinski definition) is 2. The molecule has 0 spiro atoms. The summed E-state index contributed by atoms with van der Waals surface area (Å²) in [5.74, 6) is 0. The van der Waals surface area contributed by atoms with E-state index < -0.39 is 0 Å². The first-order chi connectivity index (χ1) is 8.08. The van der Waals surface area contributed by atoms with Crippen molar-refractivity contribution in [3.05, 3.63) is 29.3 Å². The predicted molar refractivity (Wildman–Crippen MR) is 74.8 cm³/mol. The van der Waals surface area contributed by atoms with Crippen molar-refractivity contribution in [2.75, 3.05) is 18.5 Å². The van der Waals surface area contributed by atoms with Crippen LogP contribution in [0.25, 0.3) is 0 Å². The standard InChI is InChI=1S/C15H24N2/c1-11-5-8-15(12(2)9-11)17(4)14-7-6-13(3)16-10-14/h5,8-9,13-14,16H,6-7,10H2,1-4H3. The number of likely N-dealkylation sites (N-methyl/N-ethyl adjacent to an activating group) is 1. The molecule has 0 aliphatic carbocycles. The molecule has 2 heteroatoms. The molecule has 2 nitrogen and oxygen atoms in total. The summed E-state index contributed by atoms with van der Waals surface area (Å²) in [6, 6.07) is 8.04. The second kappa shape index (κ2) is 5.09. The van der Waals surface area contributed by atoms with Crippen molar-refractivity contribution in [3.63, 3.8) is 0 Å². The first-order valence-electron chi connectivity index (χ1n) is 6.61. The molecule has 1 heterocycles. The van der Waals surface area contributed by atoms with E-state index in [0.717, 1.165) is 6.54 Å². The van der Waals surface area contributed by atoms with Gasteiger partial charge in [0.1, 0.15) is 0 Å². The number of rotatable bonds is 2. The Balaban J connectivity index is 2.11. The maximum atomic E-state index is 3.57. The van der Waals surface area contributed by atoms with E-state index in [-0.39, 0.29) is 0 Å². The van der Waals surface area contributed by atoms with Gasteiger partial charge in [0.05, 0.1) is 0 Å². The lowest BCUT2D eigenvalue weighted by Crippen LogP contribution is -2.47. The smallest absolute Gasteiger partial charge is 0.0412 e. The maximum Gasteiger partial charge on any atom is 0.0412 e. The number of benzene rings is 1. The molecule has 1 aliphatic heterocycles. The van der Waals surface area contributed by atoms with Crippen LogP contribution in [-0.2, 0) is 0 Å². The average Bonchev–Trinajstić information content (AvgIpc) is 2.29. The molecule has 17 heavy (non-hydrogen) atoms. The van der Waals surface area contributed by atoms with E-state index in [1.54, 1.807) is 0 Å². The molecule has 0 amide bonds. The second-order valence-electron chi connectivity index (χ2n) is 5.44. The highest BCUT2D eigenvalue weighted by Crippen LogP contribution is 2.24. The van der Waals surface area contributed by atoms with Gasteiger partial charge in [-0.2, -0.15) is 0 Å². The Morgan fingerprint density at radius 2 is 2.00 bits per heavy atom. The molecular weight excluding hydrogens is 208 g/mol. The molecule has 1 fully saturated rings. The van der Waals surface area contributed by atoms with Crippen LogP contribution in [0.15, 0.2) is 18.2 Å². The minimum Gasteiger partial charge on any atom is -0.370 e. The van der Waals surface area contributed by atoms with E-state index in [1.807, 2.05) is 0 Å². The maximum absolute atomic E-state index is 3.57. The van der Waals surface area contributed by atoms with Crippen LogP contribution < -0.4 is 10.2 Å². The van der Waals surface area contributed by atoms with Gasteiger partial charge >= 0.3 is 0 Å². The van der Waals surface area contributed by atoms with Crippen LogP contribution in [0.2, 0.25) is 0 Å². The van der Waals surface area contributed by atoms with Crippen LogP contribution in [0.3, 0.4) is 0 Å². The third kappa shape index (κ3) is 2.81. The van der Waals surface area contributed by atoms with Crippen molar-refractivity contribution < 1.29 is 0 Å². The molecule has 0 saturated carbocycles. The largest absolute Gasteiger partial charge is 0.370 e. The van der Waals surface area contributed by atoms with Crippen LogP contribution >= 0.6 is 0 Å². The second-order valence-corrected chi connectivity index (χ2v) is 5.44. The molecule has 2 rings (SSSR count). The minimum absolute atomic E-state index is 0.632. The highest BCUT2D eigenvalue weighted by molar-refractivity contribution is 5.54. The van der Waals surface area contributed by atoms with Gasteiger partial charge in [-0.05, 0) is 45.2 Å². The lowest BCUT2D eigenvalue weighted by atomic mass is 9.99. The SMILES string of the molecule is Cc1ccc(N(C)C2CCC(C)NC2)c(C)c1. The summed E-state index contributed by atoms with van der Waals surface area (Å²) >= 11 is 0. The van der Waals surface area contributed by atoms with Crippen LogP contribution in [0.4, 0.5) is 5.69 Å². The van der Waals surface area contributed by atoms with E-state index in [2.05, 4.69) is 56.2 Å². The third-order valence-electron chi connectivity index (χ3n) is 3.91. The monoisotopic (exact) mass is 232 g/mol. The van der Waals surface area contributed by atoms with Crippen molar-refractivity contribution in [1.29, 1.82) is 0 Å². The zero-order chi connectivity index (χ0) is 12.4. The fraction of sp³-hybridized carbons (Fsp3) is 0.600. The molecule has 2 unspecified atom stereocenters. The van der Waals surface area contributed by atoms with Gasteiger partial charge < -0.3 is 10.2 Å². The van der Waals surface area contributed by atoms with Crippen molar-refractivity contribution >= 4 is 5.69 Å². The highest BCUT2D eigenvalue weighted by Gasteiger charge is 2.21. The van der Waals surface area contributed by atoms with Gasteiger partial charge in [0.15, 0.2) is 0 Å². The van der Waals surface area contributed by atoms with E-state index >= 15 is 0 Å². The first-order valence-corrected chi connectivity index (χ1v) is 6.61. The molecule has 1 N–H and O–H groups in total. The van der Waals surface area contributed by atoms with Crippen LogP contribution in [-0.4, -0.2) is 25.7 Å². The normalized spacial score (nSPS) is 24.7. The van der Waals surface area contributed by atoms with Gasteiger partial charge in [-0.25, -0.2) is 0 Å². The lowest BCUT2D eigenvalue weighted by Gasteiger charge is -2.36. The molecule has 1 saturated heterocycles. The number of aryl methyl sites for hydroxylation is 2. The number of nitrogens with one attached hydrogen (secondary N) is 1. The van der Waals surface area contributed by atoms with Gasteiger partial charge in [-0.15, -0.1) is 0 Å². The lowest BCUT2D eigenvalue weighted by molar-refractivity contribution is 0.376. The summed E-state index contributed by atoms with van der Waals surface area (Å²) in [5.41, 5.74) is 4.10. The highest BCUT2D eigenvalue weighted by atomic mass is 15.2. The number of anilines is 1. The van der Waals surface area contributed by atoms with Crippen molar-refractivity contribution in [2.24, 2.45) is 0 Å². The van der Waals surface area contributed by atoms with Crippen molar-refractivity contribution in [2.45, 2.75) is 45.7 Å². The zero-order valence-electron chi connectivity index (χ0n) is 11.5. The van der Waals surface area contributed by atoms with Gasteiger partial charge in [0.25, 0.3) is 0 Å². The predicted octanol–water partition coefficient (Wildman–Crippen LogP) is 2.88. The topological polar surface area (TPSA) is 15.3 Å². The molecule has 94 valence electrons. The van der Waals surface area contributed by atoms with E-state index in [9.17, 15) is 0 Å². The average molecular weight is 232 g/mol. The molecule has 0 bridgehead atoms. The molecular formula is C15H24N2. The number of hydrogen-bond donors (Lipinski definition) is 1. The zero-order valence-corrected chi connectivity index (χ0v) is 11.5. The van der Waals surface area contributed by atoms with Gasteiger partial charge in [-0.3, -0.25) is 0 Å². The first kappa shape index (κ1) is 12.4. The molecule has 2 atom stereocenters. The number of nitrogens with zero attached hydrogens (tertiary/aromatic N) is 1. The summed E-state index contributed by atoms with van der Waals surface area (Å²) in [4.78, 5) is 2.44. The summed E-state index contributed by atoms with van der Waals surface area (Å²) in [5, 5.41) is 3.57. The Labute approximate surface area is 105 Å². The van der Waals surface area contributed by atoms with Gasteiger partial charge in [0, 0.05) is 31.4 Å². The van der Waals surface area contributed by atoms with E-state index in [4.69, 9.17) is 0 Å². The van der Waals surface area contributed by atoms with E-state index in [0.29, 0.717) is 12.1 Å². The molecule has 0 radical (unpaired) electrons. The Morgan fingerprint density at radius 1 is 1.24 bits per heavy atom. The fourth-order valence-corrected chi connectivity index (χ4v) is 2.71. The Morgan fingerprint density at radius 3 is 2.59 bits per heavy atom. The van der Waals surface area contributed by atoms with Crippen LogP contribution in [0.5, 0.6) is 0 Å². The minimum atomic E-state index is 0.632. The summed E-state index contributed by atoms with van der Waals surface area (Å²) in [6.07, 6.45) is 2.57. The van der Waals surface area contributed by atoms with Crippen LogP contribution in [0.1, 0.15) is 30.9 Å². The Bertz CT molecular complexity index is 379.